The minimum atomic E-state index is -3.89. The quantitative estimate of drug-likeness (QED) is 0.277. The van der Waals surface area contributed by atoms with Crippen LogP contribution in [-0.4, -0.2) is 51.5 Å². The Balaban J connectivity index is 1.41. The first-order chi connectivity index (χ1) is 13.9. The molecule has 2 aromatic heterocycles. The van der Waals surface area contributed by atoms with Crippen molar-refractivity contribution >= 4 is 38.2 Å². The van der Waals surface area contributed by atoms with E-state index in [0.717, 1.165) is 36.7 Å². The maximum absolute atomic E-state index is 12.6. The molecule has 0 spiro atoms. The summed E-state index contributed by atoms with van der Waals surface area (Å²) in [4.78, 5) is 15.2. The molecule has 3 aromatic rings. The van der Waals surface area contributed by atoms with E-state index < -0.39 is 20.6 Å². The molecule has 2 heterocycles. The Morgan fingerprint density at radius 3 is 2.79 bits per heavy atom. The van der Waals surface area contributed by atoms with Gasteiger partial charge in [-0.25, -0.2) is 17.7 Å². The molecule has 0 saturated carbocycles. The monoisotopic (exact) mass is 438 g/mol. The van der Waals surface area contributed by atoms with Gasteiger partial charge in [-0.05, 0) is 18.9 Å². The van der Waals surface area contributed by atoms with Crippen molar-refractivity contribution in [1.82, 2.24) is 18.1 Å². The number of fused-ring (bicyclic) bond motifs is 1. The molecule has 0 saturated heterocycles. The number of hydrogen-bond donors (Lipinski definition) is 1. The topological polar surface area (TPSA) is 123 Å². The summed E-state index contributed by atoms with van der Waals surface area (Å²) < 4.78 is 32.6. The minimum Gasteiger partial charge on any atom is -0.355 e. The number of hydrogen-bond acceptors (Lipinski definition) is 8. The predicted molar refractivity (Wildman–Crippen MR) is 111 cm³/mol. The zero-order chi connectivity index (χ0) is 20.9. The normalized spacial score (nSPS) is 11.9. The number of anilines is 1. The summed E-state index contributed by atoms with van der Waals surface area (Å²) >= 11 is 1.33. The Hall–Kier alpha value is -2.57. The van der Waals surface area contributed by atoms with Crippen LogP contribution in [0.15, 0.2) is 41.6 Å². The van der Waals surface area contributed by atoms with Crippen molar-refractivity contribution in [2.45, 2.75) is 30.6 Å². The number of aromatic nitrogens is 3. The lowest BCUT2D eigenvalue weighted by atomic mass is 10.2. The van der Waals surface area contributed by atoms with E-state index in [-0.39, 0.29) is 4.90 Å². The highest BCUT2D eigenvalue weighted by Crippen LogP contribution is 2.25. The molecule has 1 aromatic carbocycles. The Morgan fingerprint density at radius 2 is 2.00 bits per heavy atom. The number of unbranched alkanes of at least 4 members (excludes halogenated alkanes) is 3. The Bertz CT molecular complexity index is 1080. The van der Waals surface area contributed by atoms with Crippen LogP contribution < -0.4 is 5.32 Å². The molecule has 0 radical (unpaired) electrons. The largest absolute Gasteiger partial charge is 0.355 e. The van der Waals surface area contributed by atoms with Gasteiger partial charge in [-0.3, -0.25) is 14.5 Å². The number of rotatable bonds is 11. The molecule has 156 valence electrons. The summed E-state index contributed by atoms with van der Waals surface area (Å²) in [5.41, 5.74) is -0.403. The van der Waals surface area contributed by atoms with Gasteiger partial charge in [-0.15, -0.1) is 0 Å². The Labute approximate surface area is 172 Å². The highest BCUT2D eigenvalue weighted by atomic mass is 32.2. The van der Waals surface area contributed by atoms with Gasteiger partial charge in [0, 0.05) is 50.1 Å². The maximum atomic E-state index is 12.6. The molecule has 0 fully saturated rings. The summed E-state index contributed by atoms with van der Waals surface area (Å²) in [7, 11) is -2.44. The highest BCUT2D eigenvalue weighted by molar-refractivity contribution is 7.89. The number of nitro benzene ring substituents is 1. The molecule has 0 aliphatic heterocycles. The first kappa shape index (κ1) is 21.1. The first-order valence-corrected chi connectivity index (χ1v) is 11.3. The zero-order valence-electron chi connectivity index (χ0n) is 15.9. The summed E-state index contributed by atoms with van der Waals surface area (Å²) in [5.74, 6) is 0.776. The lowest BCUT2D eigenvalue weighted by molar-refractivity contribution is -0.387. The van der Waals surface area contributed by atoms with Crippen LogP contribution in [0.4, 0.5) is 11.6 Å². The van der Waals surface area contributed by atoms with Crippen LogP contribution in [0.1, 0.15) is 25.7 Å². The molecule has 0 aliphatic rings. The molecule has 29 heavy (non-hydrogen) atoms. The fourth-order valence-corrected chi connectivity index (χ4v) is 4.92. The third-order valence-electron chi connectivity index (χ3n) is 4.48. The standard InChI is InChI=1S/C17H22N6O4S2/c1-21(29(26,27)15-9-5-4-8-14(15)23(24)25)12-7-3-2-6-10-18-16-20-28-17-19-11-13-22(16)17/h4-5,8-9,11,13H,2-3,6-7,10,12H2,1H3,(H,18,20). The second-order valence-corrected chi connectivity index (χ2v) is 9.22. The Morgan fingerprint density at radius 1 is 1.24 bits per heavy atom. The molecule has 1 N–H and O–H groups in total. The fraction of sp³-hybridized carbons (Fsp3) is 0.412. The molecule has 3 rings (SSSR count). The van der Waals surface area contributed by atoms with Gasteiger partial charge in [-0.2, -0.15) is 4.37 Å². The van der Waals surface area contributed by atoms with Crippen LogP contribution in [0, 0.1) is 10.1 Å². The van der Waals surface area contributed by atoms with Crippen LogP contribution in [0.5, 0.6) is 0 Å². The van der Waals surface area contributed by atoms with Gasteiger partial charge < -0.3 is 5.32 Å². The molecular weight excluding hydrogens is 416 g/mol. The van der Waals surface area contributed by atoms with E-state index in [0.29, 0.717) is 13.0 Å². The van der Waals surface area contributed by atoms with E-state index in [9.17, 15) is 18.5 Å². The molecule has 0 amide bonds. The van der Waals surface area contributed by atoms with E-state index >= 15 is 0 Å². The zero-order valence-corrected chi connectivity index (χ0v) is 17.5. The number of nitrogens with zero attached hydrogens (tertiary/aromatic N) is 5. The second-order valence-electron chi connectivity index (χ2n) is 6.48. The van der Waals surface area contributed by atoms with Gasteiger partial charge in [0.2, 0.25) is 20.9 Å². The lowest BCUT2D eigenvalue weighted by Crippen LogP contribution is -2.28. The van der Waals surface area contributed by atoms with Gasteiger partial charge in [-0.1, -0.05) is 25.0 Å². The van der Waals surface area contributed by atoms with Crippen molar-refractivity contribution < 1.29 is 13.3 Å². The number of nitro groups is 1. The Kier molecular flexibility index (Phi) is 6.77. The highest BCUT2D eigenvalue weighted by Gasteiger charge is 2.28. The van der Waals surface area contributed by atoms with Crippen molar-refractivity contribution in [3.8, 4) is 0 Å². The SMILES string of the molecule is CN(CCCCCCNc1nsc2nccn12)S(=O)(=O)c1ccccc1[N+](=O)[O-]. The van der Waals surface area contributed by atoms with Crippen LogP contribution >= 0.6 is 11.5 Å². The third kappa shape index (κ3) is 4.89. The van der Waals surface area contributed by atoms with Crippen LogP contribution in [-0.2, 0) is 10.0 Å². The lowest BCUT2D eigenvalue weighted by Gasteiger charge is -2.17. The molecule has 0 aliphatic carbocycles. The number of imidazole rings is 1. The van der Waals surface area contributed by atoms with E-state index in [2.05, 4.69) is 14.7 Å². The van der Waals surface area contributed by atoms with Crippen molar-refractivity contribution in [1.29, 1.82) is 0 Å². The maximum Gasteiger partial charge on any atom is 0.289 e. The van der Waals surface area contributed by atoms with Gasteiger partial charge in [0.25, 0.3) is 5.69 Å². The van der Waals surface area contributed by atoms with Crippen LogP contribution in [0.25, 0.3) is 4.96 Å². The van der Waals surface area contributed by atoms with Crippen molar-refractivity contribution in [3.63, 3.8) is 0 Å². The van der Waals surface area contributed by atoms with Crippen LogP contribution in [0.2, 0.25) is 0 Å². The smallest absolute Gasteiger partial charge is 0.289 e. The summed E-state index contributed by atoms with van der Waals surface area (Å²) in [6.45, 7) is 1.07. The number of para-hydroxylation sites is 1. The fourth-order valence-electron chi connectivity index (χ4n) is 2.89. The average molecular weight is 439 g/mol. The average Bonchev–Trinajstić information content (AvgIpc) is 3.31. The van der Waals surface area contributed by atoms with Gasteiger partial charge >= 0.3 is 0 Å². The summed E-state index contributed by atoms with van der Waals surface area (Å²) in [5, 5.41) is 14.4. The van der Waals surface area contributed by atoms with E-state index in [4.69, 9.17) is 0 Å². The van der Waals surface area contributed by atoms with Crippen molar-refractivity contribution in [3.05, 3.63) is 46.8 Å². The van der Waals surface area contributed by atoms with Gasteiger partial charge in [0.15, 0.2) is 4.90 Å². The first-order valence-electron chi connectivity index (χ1n) is 9.13. The van der Waals surface area contributed by atoms with Crippen molar-refractivity contribution in [2.24, 2.45) is 0 Å². The summed E-state index contributed by atoms with van der Waals surface area (Å²) in [6.07, 6.45) is 6.98. The minimum absolute atomic E-state index is 0.272. The molecular formula is C17H22N6O4S2. The van der Waals surface area contributed by atoms with E-state index in [1.165, 1.54) is 47.2 Å². The molecule has 0 bridgehead atoms. The van der Waals surface area contributed by atoms with Gasteiger partial charge in [0.05, 0.1) is 4.92 Å². The third-order valence-corrected chi connectivity index (χ3v) is 7.12. The molecule has 0 atom stereocenters. The van der Waals surface area contributed by atoms with Crippen LogP contribution in [0.3, 0.4) is 0 Å². The number of benzene rings is 1. The van der Waals surface area contributed by atoms with Gasteiger partial charge in [0.1, 0.15) is 0 Å². The van der Waals surface area contributed by atoms with Crippen molar-refractivity contribution in [2.75, 3.05) is 25.5 Å². The number of nitrogens with one attached hydrogen (secondary N) is 1. The summed E-state index contributed by atoms with van der Waals surface area (Å²) in [6, 6.07) is 5.41. The molecule has 12 heteroatoms. The number of sulfonamides is 1. The predicted octanol–water partition coefficient (Wildman–Crippen LogP) is 2.99. The molecule has 0 unspecified atom stereocenters. The second kappa shape index (κ2) is 9.29. The van der Waals surface area contributed by atoms with E-state index in [1.807, 2.05) is 10.6 Å². The molecule has 10 nitrogen and oxygen atoms in total. The van der Waals surface area contributed by atoms with E-state index in [1.54, 1.807) is 6.20 Å².